The lowest BCUT2D eigenvalue weighted by Crippen LogP contribution is -2.54. The van der Waals surface area contributed by atoms with Crippen molar-refractivity contribution in [2.45, 2.75) is 78.4 Å². The van der Waals surface area contributed by atoms with Gasteiger partial charge in [-0.15, -0.1) is 13.2 Å². The number of nitrogens with zero attached hydrogens (tertiary/aromatic N) is 2. The second-order valence-electron chi connectivity index (χ2n) is 9.74. The molecule has 0 aliphatic carbocycles. The predicted molar refractivity (Wildman–Crippen MR) is 114 cm³/mol. The molecular weight excluding hydrogens is 443 g/mol. The van der Waals surface area contributed by atoms with Crippen LogP contribution >= 0.6 is 0 Å². The molecule has 186 valence electrons. The first kappa shape index (κ1) is 26.5. The zero-order valence-corrected chi connectivity index (χ0v) is 19.8. The van der Waals surface area contributed by atoms with Crippen molar-refractivity contribution >= 4 is 12.0 Å². The number of carbonyl (C=O) groups is 2. The van der Waals surface area contributed by atoms with Gasteiger partial charge < -0.3 is 24.4 Å². The number of hydrogen-bond acceptors (Lipinski definition) is 6. The van der Waals surface area contributed by atoms with E-state index >= 15 is 0 Å². The van der Waals surface area contributed by atoms with E-state index in [1.807, 2.05) is 6.92 Å². The van der Waals surface area contributed by atoms with Gasteiger partial charge in [0.25, 0.3) is 5.88 Å². The zero-order valence-electron chi connectivity index (χ0n) is 19.8. The molecule has 1 aliphatic heterocycles. The molecular formula is C22H32F3N3O5. The smallest absolute Gasteiger partial charge is 0.474 e. The lowest BCUT2D eigenvalue weighted by molar-refractivity contribution is -0.275. The van der Waals surface area contributed by atoms with Crippen molar-refractivity contribution in [2.75, 3.05) is 13.2 Å². The second kappa shape index (κ2) is 10.0. The number of carbonyl (C=O) groups excluding carboxylic acids is 2. The van der Waals surface area contributed by atoms with Crippen LogP contribution in [-0.2, 0) is 9.53 Å². The van der Waals surface area contributed by atoms with Crippen LogP contribution in [0.5, 0.6) is 11.6 Å². The molecule has 1 saturated heterocycles. The Morgan fingerprint density at radius 1 is 1.21 bits per heavy atom. The molecule has 0 aromatic carbocycles. The normalized spacial score (nSPS) is 19.6. The lowest BCUT2D eigenvalue weighted by Gasteiger charge is -2.39. The van der Waals surface area contributed by atoms with Crippen LogP contribution in [0.4, 0.5) is 18.0 Å². The fraction of sp³-hybridized carbons (Fsp3) is 0.682. The van der Waals surface area contributed by atoms with E-state index in [1.54, 1.807) is 39.5 Å². The van der Waals surface area contributed by atoms with Crippen LogP contribution in [0, 0.1) is 5.41 Å². The lowest BCUT2D eigenvalue weighted by atomic mass is 9.91. The van der Waals surface area contributed by atoms with Gasteiger partial charge in [-0.1, -0.05) is 0 Å². The summed E-state index contributed by atoms with van der Waals surface area (Å²) in [6, 6.07) is 2.08. The van der Waals surface area contributed by atoms with Crippen molar-refractivity contribution in [1.82, 2.24) is 15.2 Å². The summed E-state index contributed by atoms with van der Waals surface area (Å²) >= 11 is 0. The molecule has 1 fully saturated rings. The number of alkyl halides is 3. The Balaban J connectivity index is 1.92. The van der Waals surface area contributed by atoms with Crippen molar-refractivity contribution in [3.05, 3.63) is 18.3 Å². The van der Waals surface area contributed by atoms with Crippen molar-refractivity contribution in [2.24, 2.45) is 5.41 Å². The van der Waals surface area contributed by atoms with Crippen LogP contribution in [0.2, 0.25) is 0 Å². The van der Waals surface area contributed by atoms with E-state index in [4.69, 9.17) is 9.47 Å². The highest BCUT2D eigenvalue weighted by Crippen LogP contribution is 2.31. The number of likely N-dealkylation sites (tertiary alicyclic amines) is 1. The number of pyridine rings is 1. The number of aromatic nitrogens is 1. The molecule has 33 heavy (non-hydrogen) atoms. The maximum Gasteiger partial charge on any atom is 0.573 e. The highest BCUT2D eigenvalue weighted by atomic mass is 19.4. The summed E-state index contributed by atoms with van der Waals surface area (Å²) in [6.07, 6.45) is -2.91. The monoisotopic (exact) mass is 475 g/mol. The van der Waals surface area contributed by atoms with Crippen molar-refractivity contribution in [1.29, 1.82) is 0 Å². The largest absolute Gasteiger partial charge is 0.573 e. The summed E-state index contributed by atoms with van der Waals surface area (Å²) in [7, 11) is 0. The Morgan fingerprint density at radius 2 is 1.88 bits per heavy atom. The van der Waals surface area contributed by atoms with Gasteiger partial charge in [-0.3, -0.25) is 4.79 Å². The molecule has 0 radical (unpaired) electrons. The molecule has 0 bridgehead atoms. The first-order valence-electron chi connectivity index (χ1n) is 10.7. The SMILES string of the molecule is C[C@H]1CC(NC(=O)C(C)(C)COc2ncccc2OC(F)(F)F)CCN1C(=O)OC(C)(C)C. The topological polar surface area (TPSA) is 90.0 Å². The predicted octanol–water partition coefficient (Wildman–Crippen LogP) is 4.29. The van der Waals surface area contributed by atoms with E-state index < -0.39 is 23.1 Å². The number of hydrogen-bond donors (Lipinski definition) is 1. The standard InChI is InChI=1S/C22H32F3N3O5/c1-14-12-15(9-11-28(14)19(30)33-20(2,3)4)27-18(29)21(5,6)13-31-17-16(8-7-10-26-17)32-22(23,24)25/h7-8,10,14-15H,9,11-13H2,1-6H3,(H,27,29)/t14-,15?/m0/s1. The number of halogens is 3. The van der Waals surface area contributed by atoms with Crippen LogP contribution in [0.1, 0.15) is 54.4 Å². The third kappa shape index (κ3) is 8.29. The van der Waals surface area contributed by atoms with Crippen LogP contribution in [0.15, 0.2) is 18.3 Å². The van der Waals surface area contributed by atoms with E-state index in [9.17, 15) is 22.8 Å². The number of piperidine rings is 1. The Hall–Kier alpha value is -2.72. The van der Waals surface area contributed by atoms with Crippen molar-refractivity contribution in [3.8, 4) is 11.6 Å². The number of nitrogens with one attached hydrogen (secondary N) is 1. The van der Waals surface area contributed by atoms with E-state index in [-0.39, 0.29) is 36.6 Å². The fourth-order valence-corrected chi connectivity index (χ4v) is 3.28. The van der Waals surface area contributed by atoms with Gasteiger partial charge >= 0.3 is 12.5 Å². The van der Waals surface area contributed by atoms with E-state index in [0.717, 1.165) is 6.07 Å². The van der Waals surface area contributed by atoms with E-state index in [0.29, 0.717) is 19.4 Å². The molecule has 0 saturated carbocycles. The van der Waals surface area contributed by atoms with Gasteiger partial charge in [0, 0.05) is 24.8 Å². The summed E-state index contributed by atoms with van der Waals surface area (Å²) in [5, 5.41) is 2.96. The van der Waals surface area contributed by atoms with Gasteiger partial charge in [0.15, 0.2) is 5.75 Å². The average Bonchev–Trinajstić information content (AvgIpc) is 2.64. The highest BCUT2D eigenvalue weighted by Gasteiger charge is 2.36. The molecule has 2 rings (SSSR count). The van der Waals surface area contributed by atoms with Crippen molar-refractivity contribution in [3.63, 3.8) is 0 Å². The molecule has 1 N–H and O–H groups in total. The molecule has 1 aromatic rings. The molecule has 1 unspecified atom stereocenters. The van der Waals surface area contributed by atoms with Gasteiger partial charge in [-0.25, -0.2) is 9.78 Å². The maximum absolute atomic E-state index is 12.8. The first-order chi connectivity index (χ1) is 15.1. The summed E-state index contributed by atoms with van der Waals surface area (Å²) < 4.78 is 52.5. The van der Waals surface area contributed by atoms with Gasteiger partial charge in [0.05, 0.1) is 5.41 Å². The summed E-state index contributed by atoms with van der Waals surface area (Å²) in [6.45, 7) is 10.8. The first-order valence-corrected chi connectivity index (χ1v) is 10.7. The molecule has 2 heterocycles. The number of rotatable bonds is 6. The molecule has 11 heteroatoms. The summed E-state index contributed by atoms with van der Waals surface area (Å²) in [4.78, 5) is 30.6. The van der Waals surface area contributed by atoms with Gasteiger partial charge in [-0.2, -0.15) is 0 Å². The third-order valence-corrected chi connectivity index (χ3v) is 4.99. The van der Waals surface area contributed by atoms with Crippen LogP contribution in [0.25, 0.3) is 0 Å². The van der Waals surface area contributed by atoms with E-state index in [1.165, 1.54) is 12.3 Å². The molecule has 2 amide bonds. The number of ether oxygens (including phenoxy) is 3. The fourth-order valence-electron chi connectivity index (χ4n) is 3.28. The quantitative estimate of drug-likeness (QED) is 0.660. The van der Waals surface area contributed by atoms with E-state index in [2.05, 4.69) is 15.0 Å². The number of amides is 2. The van der Waals surface area contributed by atoms with Gasteiger partial charge in [0.2, 0.25) is 5.91 Å². The minimum Gasteiger partial charge on any atom is -0.474 e. The third-order valence-electron chi connectivity index (χ3n) is 4.99. The highest BCUT2D eigenvalue weighted by molar-refractivity contribution is 5.82. The van der Waals surface area contributed by atoms with Crippen molar-refractivity contribution < 1.29 is 37.0 Å². The molecule has 0 spiro atoms. The Bertz CT molecular complexity index is 839. The molecule has 8 nitrogen and oxygen atoms in total. The molecule has 1 aliphatic rings. The average molecular weight is 476 g/mol. The van der Waals surface area contributed by atoms with Crippen LogP contribution < -0.4 is 14.8 Å². The maximum atomic E-state index is 12.8. The Morgan fingerprint density at radius 3 is 2.45 bits per heavy atom. The second-order valence-corrected chi connectivity index (χ2v) is 9.74. The van der Waals surface area contributed by atoms with Crippen LogP contribution in [-0.4, -0.2) is 59.1 Å². The van der Waals surface area contributed by atoms with Gasteiger partial charge in [-0.05, 0) is 66.5 Å². The van der Waals surface area contributed by atoms with Crippen LogP contribution in [0.3, 0.4) is 0 Å². The molecule has 1 aromatic heterocycles. The summed E-state index contributed by atoms with van der Waals surface area (Å²) in [5.41, 5.74) is -1.65. The minimum absolute atomic E-state index is 0.131. The Kier molecular flexibility index (Phi) is 8.08. The molecule has 2 atom stereocenters. The zero-order chi connectivity index (χ0) is 25.0. The Labute approximate surface area is 191 Å². The summed E-state index contributed by atoms with van der Waals surface area (Å²) in [5.74, 6) is -1.25. The van der Waals surface area contributed by atoms with Gasteiger partial charge in [0.1, 0.15) is 12.2 Å². The minimum atomic E-state index is -4.89.